The van der Waals surface area contributed by atoms with Crippen LogP contribution in [0.2, 0.25) is 0 Å². The third-order valence-corrected chi connectivity index (χ3v) is 3.98. The van der Waals surface area contributed by atoms with E-state index in [-0.39, 0.29) is 24.2 Å². The van der Waals surface area contributed by atoms with Crippen molar-refractivity contribution in [1.29, 1.82) is 0 Å². The quantitative estimate of drug-likeness (QED) is 0.847. The number of hydrogen-bond acceptors (Lipinski definition) is 3. The summed E-state index contributed by atoms with van der Waals surface area (Å²) in [6.45, 7) is 2.76. The second-order valence-corrected chi connectivity index (χ2v) is 5.36. The van der Waals surface area contributed by atoms with E-state index in [1.54, 1.807) is 0 Å². The number of benzene rings is 1. The number of halogens is 2. The normalized spacial score (nSPS) is 13.8. The number of aromatic nitrogens is 2. The van der Waals surface area contributed by atoms with E-state index < -0.39 is 17.5 Å². The van der Waals surface area contributed by atoms with Crippen LogP contribution in [-0.4, -0.2) is 26.9 Å². The Balaban J connectivity index is 1.90. The lowest BCUT2D eigenvalue weighted by Gasteiger charge is -2.28. The molecule has 1 amide bonds. The first-order valence-corrected chi connectivity index (χ1v) is 7.32. The second-order valence-electron chi connectivity index (χ2n) is 5.36. The molecule has 2 heterocycles. The SMILES string of the molecule is CCn1cnc2c(c1=O)CCN(C(=O)c1cc(F)ccc1F)C2. The maximum Gasteiger partial charge on any atom is 0.257 e. The maximum absolute atomic E-state index is 13.8. The van der Waals surface area contributed by atoms with Crippen LogP contribution in [0.25, 0.3) is 0 Å². The highest BCUT2D eigenvalue weighted by Gasteiger charge is 2.26. The maximum atomic E-state index is 13.8. The summed E-state index contributed by atoms with van der Waals surface area (Å²) in [5.41, 5.74) is 0.672. The number of nitrogens with zero attached hydrogens (tertiary/aromatic N) is 3. The van der Waals surface area contributed by atoms with Gasteiger partial charge < -0.3 is 4.90 Å². The lowest BCUT2D eigenvalue weighted by molar-refractivity contribution is 0.0725. The van der Waals surface area contributed by atoms with Crippen molar-refractivity contribution >= 4 is 5.91 Å². The summed E-state index contributed by atoms with van der Waals surface area (Å²) in [5.74, 6) is -2.04. The molecule has 0 fully saturated rings. The lowest BCUT2D eigenvalue weighted by Crippen LogP contribution is -2.40. The summed E-state index contributed by atoms with van der Waals surface area (Å²) in [6.07, 6.45) is 1.79. The summed E-state index contributed by atoms with van der Waals surface area (Å²) in [5, 5.41) is 0. The van der Waals surface area contributed by atoms with Gasteiger partial charge in [0, 0.05) is 18.7 Å². The number of amides is 1. The molecule has 0 saturated carbocycles. The highest BCUT2D eigenvalue weighted by atomic mass is 19.1. The van der Waals surface area contributed by atoms with Crippen LogP contribution in [0.3, 0.4) is 0 Å². The molecule has 0 spiro atoms. The summed E-state index contributed by atoms with van der Waals surface area (Å²) in [4.78, 5) is 30.2. The number of hydrogen-bond donors (Lipinski definition) is 0. The van der Waals surface area contributed by atoms with Gasteiger partial charge in [-0.2, -0.15) is 0 Å². The van der Waals surface area contributed by atoms with Crippen molar-refractivity contribution in [3.63, 3.8) is 0 Å². The Hall–Kier alpha value is -2.57. The Morgan fingerprint density at radius 1 is 1.35 bits per heavy atom. The molecule has 120 valence electrons. The molecule has 7 heteroatoms. The Bertz CT molecular complexity index is 833. The largest absolute Gasteiger partial charge is 0.332 e. The number of fused-ring (bicyclic) bond motifs is 1. The smallest absolute Gasteiger partial charge is 0.257 e. The Kier molecular flexibility index (Phi) is 3.94. The van der Waals surface area contributed by atoms with Gasteiger partial charge in [-0.05, 0) is 31.5 Å². The fourth-order valence-corrected chi connectivity index (χ4v) is 2.69. The zero-order valence-electron chi connectivity index (χ0n) is 12.6. The molecular formula is C16H15F2N3O2. The Morgan fingerprint density at radius 2 is 2.13 bits per heavy atom. The zero-order chi connectivity index (χ0) is 16.6. The fourth-order valence-electron chi connectivity index (χ4n) is 2.69. The molecule has 0 saturated heterocycles. The van der Waals surface area contributed by atoms with Gasteiger partial charge >= 0.3 is 0 Å². The molecule has 1 aromatic heterocycles. The van der Waals surface area contributed by atoms with Gasteiger partial charge in [0.25, 0.3) is 11.5 Å². The van der Waals surface area contributed by atoms with Crippen LogP contribution in [0.4, 0.5) is 8.78 Å². The van der Waals surface area contributed by atoms with Gasteiger partial charge in [0.2, 0.25) is 0 Å². The monoisotopic (exact) mass is 319 g/mol. The number of aryl methyl sites for hydroxylation is 1. The average Bonchev–Trinajstić information content (AvgIpc) is 2.56. The van der Waals surface area contributed by atoms with Crippen LogP contribution < -0.4 is 5.56 Å². The van der Waals surface area contributed by atoms with Crippen LogP contribution >= 0.6 is 0 Å². The summed E-state index contributed by atoms with van der Waals surface area (Å²) in [6, 6.07) is 2.78. The molecule has 0 atom stereocenters. The molecule has 1 aliphatic rings. The first kappa shape index (κ1) is 15.3. The van der Waals surface area contributed by atoms with Crippen LogP contribution in [-0.2, 0) is 19.5 Å². The molecular weight excluding hydrogens is 304 g/mol. The van der Waals surface area contributed by atoms with E-state index in [0.29, 0.717) is 24.2 Å². The molecule has 0 N–H and O–H groups in total. The first-order valence-electron chi connectivity index (χ1n) is 7.32. The van der Waals surface area contributed by atoms with Crippen molar-refractivity contribution in [2.45, 2.75) is 26.4 Å². The van der Waals surface area contributed by atoms with Crippen molar-refractivity contribution in [3.05, 3.63) is 63.3 Å². The molecule has 0 bridgehead atoms. The van der Waals surface area contributed by atoms with Gasteiger partial charge in [-0.1, -0.05) is 0 Å². The molecule has 0 aliphatic carbocycles. The van der Waals surface area contributed by atoms with Crippen molar-refractivity contribution in [1.82, 2.24) is 14.5 Å². The van der Waals surface area contributed by atoms with E-state index in [2.05, 4.69) is 4.98 Å². The highest BCUT2D eigenvalue weighted by Crippen LogP contribution is 2.18. The van der Waals surface area contributed by atoms with Crippen molar-refractivity contribution < 1.29 is 13.6 Å². The van der Waals surface area contributed by atoms with E-state index in [4.69, 9.17) is 0 Å². The van der Waals surface area contributed by atoms with E-state index >= 15 is 0 Å². The number of carbonyl (C=O) groups excluding carboxylic acids is 1. The van der Waals surface area contributed by atoms with Gasteiger partial charge in [0.05, 0.1) is 24.1 Å². The average molecular weight is 319 g/mol. The summed E-state index contributed by atoms with van der Waals surface area (Å²) in [7, 11) is 0. The molecule has 2 aromatic rings. The standard InChI is InChI=1S/C16H15F2N3O2/c1-2-20-9-19-14-8-21(6-5-11(14)15(20)22)16(23)12-7-10(17)3-4-13(12)18/h3-4,7,9H,2,5-6,8H2,1H3. The van der Waals surface area contributed by atoms with Gasteiger partial charge in [-0.15, -0.1) is 0 Å². The van der Waals surface area contributed by atoms with Crippen LogP contribution in [0.15, 0.2) is 29.3 Å². The van der Waals surface area contributed by atoms with Crippen LogP contribution in [0.1, 0.15) is 28.5 Å². The van der Waals surface area contributed by atoms with E-state index in [9.17, 15) is 18.4 Å². The first-order chi connectivity index (χ1) is 11.0. The van der Waals surface area contributed by atoms with E-state index in [1.165, 1.54) is 15.8 Å². The van der Waals surface area contributed by atoms with Crippen LogP contribution in [0, 0.1) is 11.6 Å². The van der Waals surface area contributed by atoms with Crippen molar-refractivity contribution in [2.24, 2.45) is 0 Å². The fraction of sp³-hybridized carbons (Fsp3) is 0.312. The predicted octanol–water partition coefficient (Wildman–Crippen LogP) is 1.74. The topological polar surface area (TPSA) is 55.2 Å². The number of carbonyl (C=O) groups is 1. The molecule has 23 heavy (non-hydrogen) atoms. The minimum atomic E-state index is -0.767. The third kappa shape index (κ3) is 2.74. The van der Waals surface area contributed by atoms with Gasteiger partial charge in [-0.25, -0.2) is 13.8 Å². The predicted molar refractivity (Wildman–Crippen MR) is 79.0 cm³/mol. The Morgan fingerprint density at radius 3 is 2.87 bits per heavy atom. The minimum Gasteiger partial charge on any atom is -0.332 e. The van der Waals surface area contributed by atoms with Crippen LogP contribution in [0.5, 0.6) is 0 Å². The minimum absolute atomic E-state index is 0.110. The lowest BCUT2D eigenvalue weighted by atomic mass is 10.0. The molecule has 1 aromatic carbocycles. The summed E-state index contributed by atoms with van der Waals surface area (Å²) < 4.78 is 28.5. The molecule has 5 nitrogen and oxygen atoms in total. The van der Waals surface area contributed by atoms with E-state index in [1.807, 2.05) is 6.92 Å². The summed E-state index contributed by atoms with van der Waals surface area (Å²) >= 11 is 0. The molecule has 3 rings (SSSR count). The van der Waals surface area contributed by atoms with Crippen molar-refractivity contribution in [3.8, 4) is 0 Å². The third-order valence-electron chi connectivity index (χ3n) is 3.98. The van der Waals surface area contributed by atoms with Gasteiger partial charge in [0.1, 0.15) is 11.6 Å². The number of rotatable bonds is 2. The van der Waals surface area contributed by atoms with Gasteiger partial charge in [-0.3, -0.25) is 14.2 Å². The molecule has 1 aliphatic heterocycles. The van der Waals surface area contributed by atoms with E-state index in [0.717, 1.165) is 18.2 Å². The molecule has 0 unspecified atom stereocenters. The Labute approximate surface area is 131 Å². The second kappa shape index (κ2) is 5.91. The van der Waals surface area contributed by atoms with Gasteiger partial charge in [0.15, 0.2) is 0 Å². The zero-order valence-corrected chi connectivity index (χ0v) is 12.6. The molecule has 0 radical (unpaired) electrons. The highest BCUT2D eigenvalue weighted by molar-refractivity contribution is 5.94. The van der Waals surface area contributed by atoms with Crippen molar-refractivity contribution in [2.75, 3.05) is 6.54 Å².